The summed E-state index contributed by atoms with van der Waals surface area (Å²) in [4.78, 5) is 13.4. The summed E-state index contributed by atoms with van der Waals surface area (Å²) in [6, 6.07) is 27.7. The molecule has 2 N–H and O–H groups in total. The van der Waals surface area contributed by atoms with E-state index < -0.39 is 5.60 Å². The van der Waals surface area contributed by atoms with Gasteiger partial charge in [-0.05, 0) is 77.2 Å². The van der Waals surface area contributed by atoms with Crippen molar-refractivity contribution in [3.63, 3.8) is 0 Å². The largest absolute Gasteiger partial charge is 0.374 e. The minimum atomic E-state index is -1.47. The number of halogens is 1. The Morgan fingerprint density at radius 2 is 1.68 bits per heavy atom. The highest BCUT2D eigenvalue weighted by Crippen LogP contribution is 2.40. The van der Waals surface area contributed by atoms with E-state index in [1.54, 1.807) is 37.1 Å². The first-order chi connectivity index (χ1) is 19.4. The van der Waals surface area contributed by atoms with Crippen molar-refractivity contribution in [2.45, 2.75) is 19.1 Å². The Hall–Kier alpha value is -4.52. The Bertz CT molecular complexity index is 1800. The van der Waals surface area contributed by atoms with Crippen molar-refractivity contribution >= 4 is 28.3 Å². The number of rotatable bonds is 7. The quantitative estimate of drug-likeness (QED) is 0.228. The van der Waals surface area contributed by atoms with Crippen LogP contribution in [0, 0.1) is 6.92 Å². The number of benzene rings is 3. The average molecular weight is 546 g/mol. The van der Waals surface area contributed by atoms with Crippen molar-refractivity contribution < 1.29 is 5.11 Å². The maximum absolute atomic E-state index is 12.5. The van der Waals surface area contributed by atoms with E-state index in [9.17, 15) is 5.11 Å². The number of nitrogens with zero attached hydrogens (tertiary/aromatic N) is 4. The summed E-state index contributed by atoms with van der Waals surface area (Å²) in [5, 5.41) is 17.5. The van der Waals surface area contributed by atoms with Crippen molar-refractivity contribution in [3.05, 3.63) is 143 Å². The second kappa shape index (κ2) is 10.6. The van der Waals surface area contributed by atoms with Gasteiger partial charge in [0.1, 0.15) is 5.82 Å². The summed E-state index contributed by atoms with van der Waals surface area (Å²) in [5.74, 6) is 0.771. The number of aliphatic hydroxyl groups is 1. The molecular weight excluding hydrogens is 518 g/mol. The molecule has 198 valence electrons. The maximum Gasteiger partial charge on any atom is 0.156 e. The Labute approximate surface area is 238 Å². The lowest BCUT2D eigenvalue weighted by atomic mass is 9.82. The number of hydrogen-bond donors (Lipinski definition) is 2. The van der Waals surface area contributed by atoms with Crippen molar-refractivity contribution in [2.75, 3.05) is 5.32 Å². The predicted octanol–water partition coefficient (Wildman–Crippen LogP) is 6.89. The van der Waals surface area contributed by atoms with Gasteiger partial charge < -0.3 is 15.0 Å². The van der Waals surface area contributed by atoms with E-state index >= 15 is 0 Å². The molecule has 6 nitrogen and oxygen atoms in total. The standard InChI is InChI=1S/C33H28ClN5O/c1-22-4-3-5-24(16-22)28-18-32(37-19-23-12-14-35-15-13-23)38-30-11-8-26(17-29(28)30)33(40,31-20-36-21-39(31)2)25-6-9-27(34)10-7-25/h3-18,20-21,40H,19H2,1-2H3,(H,37,38). The van der Waals surface area contributed by atoms with Gasteiger partial charge in [0.15, 0.2) is 5.60 Å². The molecule has 0 fully saturated rings. The number of hydrogen-bond acceptors (Lipinski definition) is 5. The second-order valence-corrected chi connectivity index (χ2v) is 10.4. The van der Waals surface area contributed by atoms with E-state index in [4.69, 9.17) is 16.6 Å². The van der Waals surface area contributed by atoms with Crippen LogP contribution in [-0.2, 0) is 19.2 Å². The van der Waals surface area contributed by atoms with Crippen LogP contribution in [0.3, 0.4) is 0 Å². The second-order valence-electron chi connectivity index (χ2n) is 9.97. The Balaban J connectivity index is 1.53. The van der Waals surface area contributed by atoms with Gasteiger partial charge in [-0.1, -0.05) is 59.6 Å². The summed E-state index contributed by atoms with van der Waals surface area (Å²) in [6.45, 7) is 2.71. The molecule has 3 aromatic carbocycles. The third kappa shape index (κ3) is 4.83. The van der Waals surface area contributed by atoms with Crippen LogP contribution in [0.15, 0.2) is 110 Å². The molecule has 1 atom stereocenters. The van der Waals surface area contributed by atoms with Crippen molar-refractivity contribution in [1.82, 2.24) is 19.5 Å². The molecule has 0 saturated carbocycles. The number of nitrogens with one attached hydrogen (secondary N) is 1. The van der Waals surface area contributed by atoms with Gasteiger partial charge in [-0.15, -0.1) is 0 Å². The fourth-order valence-corrected chi connectivity index (χ4v) is 5.27. The van der Waals surface area contributed by atoms with Crippen LogP contribution in [0.5, 0.6) is 0 Å². The molecular formula is C33H28ClN5O. The number of pyridine rings is 2. The maximum atomic E-state index is 12.5. The summed E-state index contributed by atoms with van der Waals surface area (Å²) in [7, 11) is 1.88. The zero-order valence-corrected chi connectivity index (χ0v) is 23.0. The van der Waals surface area contributed by atoms with Crippen molar-refractivity contribution in [1.29, 1.82) is 0 Å². The Morgan fingerprint density at radius 3 is 2.40 bits per heavy atom. The molecule has 7 heteroatoms. The van der Waals surface area contributed by atoms with Gasteiger partial charge in [-0.2, -0.15) is 0 Å². The molecule has 0 radical (unpaired) electrons. The molecule has 0 spiro atoms. The molecule has 3 heterocycles. The Morgan fingerprint density at radius 1 is 0.900 bits per heavy atom. The number of aromatic nitrogens is 4. The van der Waals surface area contributed by atoms with E-state index in [0.29, 0.717) is 28.4 Å². The van der Waals surface area contributed by atoms with Crippen LogP contribution in [-0.4, -0.2) is 24.6 Å². The highest BCUT2D eigenvalue weighted by atomic mass is 35.5. The first-order valence-corrected chi connectivity index (χ1v) is 13.4. The lowest BCUT2D eigenvalue weighted by Gasteiger charge is -2.30. The third-order valence-electron chi connectivity index (χ3n) is 7.23. The molecule has 3 aromatic heterocycles. The van der Waals surface area contributed by atoms with E-state index in [-0.39, 0.29) is 0 Å². The first kappa shape index (κ1) is 25.7. The fourth-order valence-electron chi connectivity index (χ4n) is 5.15. The zero-order valence-electron chi connectivity index (χ0n) is 22.2. The van der Waals surface area contributed by atoms with E-state index in [1.165, 1.54) is 0 Å². The third-order valence-corrected chi connectivity index (χ3v) is 7.48. The SMILES string of the molecule is Cc1cccc(-c2cc(NCc3ccncc3)nc3ccc(C(O)(c4ccc(Cl)cc4)c4cncn4C)cc23)c1. The minimum Gasteiger partial charge on any atom is -0.374 e. The lowest BCUT2D eigenvalue weighted by Crippen LogP contribution is -2.31. The van der Waals surface area contributed by atoms with Gasteiger partial charge >= 0.3 is 0 Å². The molecule has 0 saturated heterocycles. The smallest absolute Gasteiger partial charge is 0.156 e. The monoisotopic (exact) mass is 545 g/mol. The summed E-state index contributed by atoms with van der Waals surface area (Å²) >= 11 is 6.21. The van der Waals surface area contributed by atoms with Gasteiger partial charge in [0.25, 0.3) is 0 Å². The average Bonchev–Trinajstić information content (AvgIpc) is 3.42. The number of aryl methyl sites for hydroxylation is 2. The van der Waals surface area contributed by atoms with Crippen LogP contribution in [0.2, 0.25) is 5.02 Å². The topological polar surface area (TPSA) is 75.9 Å². The minimum absolute atomic E-state index is 0.604. The van der Waals surface area contributed by atoms with E-state index in [2.05, 4.69) is 52.5 Å². The molecule has 0 amide bonds. The molecule has 6 aromatic rings. The van der Waals surface area contributed by atoms with Gasteiger partial charge in [-0.25, -0.2) is 9.97 Å². The van der Waals surface area contributed by atoms with Crippen LogP contribution >= 0.6 is 11.6 Å². The molecule has 1 unspecified atom stereocenters. The number of fused-ring (bicyclic) bond motifs is 1. The number of imidazole rings is 1. The van der Waals surface area contributed by atoms with Gasteiger partial charge in [0, 0.05) is 36.4 Å². The van der Waals surface area contributed by atoms with Crippen LogP contribution in [0.25, 0.3) is 22.0 Å². The Kier molecular flexibility index (Phi) is 6.80. The normalized spacial score (nSPS) is 12.8. The molecule has 0 bridgehead atoms. The first-order valence-electron chi connectivity index (χ1n) is 13.0. The lowest BCUT2D eigenvalue weighted by molar-refractivity contribution is 0.117. The predicted molar refractivity (Wildman–Crippen MR) is 160 cm³/mol. The molecule has 0 aliphatic carbocycles. The van der Waals surface area contributed by atoms with Crippen molar-refractivity contribution in [3.8, 4) is 11.1 Å². The summed E-state index contributed by atoms with van der Waals surface area (Å²) in [5.41, 5.74) is 5.79. The zero-order chi connectivity index (χ0) is 27.7. The molecule has 40 heavy (non-hydrogen) atoms. The highest BCUT2D eigenvalue weighted by Gasteiger charge is 2.37. The molecule has 6 rings (SSSR count). The summed E-state index contributed by atoms with van der Waals surface area (Å²) in [6.07, 6.45) is 6.96. The van der Waals surface area contributed by atoms with Crippen LogP contribution in [0.4, 0.5) is 5.82 Å². The summed E-state index contributed by atoms with van der Waals surface area (Å²) < 4.78 is 1.84. The van der Waals surface area contributed by atoms with Gasteiger partial charge in [-0.3, -0.25) is 4.98 Å². The molecule has 0 aliphatic heterocycles. The van der Waals surface area contributed by atoms with Gasteiger partial charge in [0.05, 0.1) is 23.7 Å². The number of anilines is 1. The fraction of sp³-hybridized carbons (Fsp3) is 0.121. The molecule has 0 aliphatic rings. The van der Waals surface area contributed by atoms with Gasteiger partial charge in [0.2, 0.25) is 0 Å². The van der Waals surface area contributed by atoms with Crippen molar-refractivity contribution in [2.24, 2.45) is 7.05 Å². The van der Waals surface area contributed by atoms with Crippen LogP contribution < -0.4 is 5.32 Å². The van der Waals surface area contributed by atoms with Crippen LogP contribution in [0.1, 0.15) is 27.9 Å². The van der Waals surface area contributed by atoms with E-state index in [0.717, 1.165) is 39.0 Å². The highest BCUT2D eigenvalue weighted by molar-refractivity contribution is 6.30. The van der Waals surface area contributed by atoms with E-state index in [1.807, 2.05) is 54.1 Å².